The van der Waals surface area contributed by atoms with Gasteiger partial charge in [-0.3, -0.25) is 23.2 Å². The van der Waals surface area contributed by atoms with Crippen LogP contribution >= 0.6 is 0 Å². The first-order valence-corrected chi connectivity index (χ1v) is 19.1. The molecule has 6 aliphatic rings. The molecular weight excluding hydrogens is 677 g/mol. The Morgan fingerprint density at radius 3 is 1.56 bits per heavy atom. The van der Waals surface area contributed by atoms with Crippen LogP contribution in [0.5, 0.6) is 0 Å². The molecule has 13 heteroatoms. The topological polar surface area (TPSA) is 129 Å². The maximum atomic E-state index is 12.7. The highest BCUT2D eigenvalue weighted by Gasteiger charge is 2.34. The van der Waals surface area contributed by atoms with E-state index in [2.05, 4.69) is 95.2 Å². The highest BCUT2D eigenvalue weighted by atomic mass is 32.1. The van der Waals surface area contributed by atoms with E-state index in [-0.39, 0.29) is 22.2 Å². The van der Waals surface area contributed by atoms with Crippen molar-refractivity contribution in [1.82, 2.24) is 38.5 Å². The van der Waals surface area contributed by atoms with Crippen molar-refractivity contribution in [3.05, 3.63) is 68.8 Å². The number of aromatic nitrogens is 6. The van der Waals surface area contributed by atoms with Gasteiger partial charge >= 0.3 is 23.0 Å². The molecular formula is C39H54N8O4S. The summed E-state index contributed by atoms with van der Waals surface area (Å²) in [5.41, 5.74) is 8.38. The third kappa shape index (κ3) is 7.58. The number of nitrogens with one attached hydrogen (secondary N) is 1. The Hall–Kier alpha value is -3.94. The van der Waals surface area contributed by atoms with Gasteiger partial charge in [0.25, 0.3) is 0 Å². The molecule has 4 aromatic rings. The van der Waals surface area contributed by atoms with Crippen molar-refractivity contribution in [3.63, 3.8) is 0 Å². The van der Waals surface area contributed by atoms with Gasteiger partial charge in [0.15, 0.2) is 11.3 Å². The maximum absolute atomic E-state index is 12.7. The first kappa shape index (κ1) is 37.8. The minimum atomic E-state index is -0.750. The lowest BCUT2D eigenvalue weighted by atomic mass is 9.79. The first-order valence-electron chi connectivity index (χ1n) is 18.4. The van der Waals surface area contributed by atoms with Gasteiger partial charge in [0, 0.05) is 52.4 Å². The zero-order chi connectivity index (χ0) is 37.7. The average molecular weight is 731 g/mol. The van der Waals surface area contributed by atoms with Crippen molar-refractivity contribution >= 4 is 45.0 Å². The summed E-state index contributed by atoms with van der Waals surface area (Å²) in [7, 11) is 5.86. The van der Waals surface area contributed by atoms with Crippen LogP contribution in [0, 0.1) is 22.7 Å². The van der Waals surface area contributed by atoms with E-state index < -0.39 is 11.6 Å². The van der Waals surface area contributed by atoms with Crippen molar-refractivity contribution in [1.29, 1.82) is 0 Å². The zero-order valence-corrected chi connectivity index (χ0v) is 32.9. The van der Waals surface area contributed by atoms with Gasteiger partial charge in [0.05, 0.1) is 22.4 Å². The number of likely N-dealkylation sites (N-methyl/N-ethyl adjacent to an activating group) is 1. The van der Waals surface area contributed by atoms with E-state index in [1.54, 1.807) is 9.13 Å². The van der Waals surface area contributed by atoms with Crippen LogP contribution in [0.3, 0.4) is 0 Å². The van der Waals surface area contributed by atoms with Crippen LogP contribution in [0.15, 0.2) is 46.0 Å². The fraction of sp³-hybridized carbons (Fsp3) is 0.590. The summed E-state index contributed by atoms with van der Waals surface area (Å²) in [5, 5.41) is 3.54. The van der Waals surface area contributed by atoms with Crippen LogP contribution in [-0.4, -0.2) is 73.8 Å². The van der Waals surface area contributed by atoms with Crippen LogP contribution in [-0.2, 0) is 38.8 Å². The normalized spacial score (nSPS) is 22.8. The second kappa shape index (κ2) is 14.5. The van der Waals surface area contributed by atoms with Crippen molar-refractivity contribution < 1.29 is 8.42 Å². The molecule has 8 heterocycles. The van der Waals surface area contributed by atoms with E-state index in [1.807, 2.05) is 23.2 Å². The van der Waals surface area contributed by atoms with E-state index in [4.69, 9.17) is 18.4 Å². The van der Waals surface area contributed by atoms with Crippen molar-refractivity contribution in [2.75, 3.05) is 20.1 Å². The maximum Gasteiger partial charge on any atom is 0.335 e. The van der Waals surface area contributed by atoms with Gasteiger partial charge in [-0.1, -0.05) is 53.7 Å². The molecule has 4 atom stereocenters. The van der Waals surface area contributed by atoms with E-state index >= 15 is 0 Å². The smallest absolute Gasteiger partial charge is 0.310 e. The van der Waals surface area contributed by atoms with Crippen LogP contribution in [0.25, 0.3) is 33.5 Å². The molecule has 4 aromatic heterocycles. The summed E-state index contributed by atoms with van der Waals surface area (Å²) < 4.78 is 23.7. The Morgan fingerprint density at radius 2 is 1.19 bits per heavy atom. The van der Waals surface area contributed by atoms with Crippen molar-refractivity contribution in [2.45, 2.75) is 92.4 Å². The number of nitrogens with zero attached hydrogens (tertiary/aromatic N) is 7. The monoisotopic (exact) mass is 730 g/mol. The number of pyridine rings is 2. The molecule has 2 aliphatic carbocycles. The highest BCUT2D eigenvalue weighted by molar-refractivity contribution is 7.51. The van der Waals surface area contributed by atoms with Crippen LogP contribution in [0.1, 0.15) is 78.6 Å². The summed E-state index contributed by atoms with van der Waals surface area (Å²) in [6, 6.07) is 9.36. The fourth-order valence-electron chi connectivity index (χ4n) is 8.32. The molecule has 0 radical (unpaired) electrons. The average Bonchev–Trinajstić information content (AvgIpc) is 3.47. The number of imidazole rings is 2. The highest BCUT2D eigenvalue weighted by Crippen LogP contribution is 2.39. The van der Waals surface area contributed by atoms with Gasteiger partial charge in [0.2, 0.25) is 0 Å². The molecule has 4 bridgehead atoms. The third-order valence-corrected chi connectivity index (χ3v) is 10.8. The van der Waals surface area contributed by atoms with E-state index in [1.165, 1.54) is 36.8 Å². The molecule has 2 saturated heterocycles. The Labute approximate surface area is 309 Å². The number of hydrogen-bond acceptors (Lipinski definition) is 8. The molecule has 0 saturated carbocycles. The molecule has 0 aromatic carbocycles. The number of piperidine rings is 2. The molecule has 0 spiro atoms. The second-order valence-corrected chi connectivity index (χ2v) is 17.6. The van der Waals surface area contributed by atoms with Crippen LogP contribution in [0.2, 0.25) is 0 Å². The SMILES string of the molecule is CN1CC2CCC1C=C2c1ccc2c(n1)n(C)c(=O)n2CC(C)(C)C.Cn1c(=O)n(CC(C)(C)C)c2ccc(C3=CC4CCC3CN4)nc21.O=S=O. The predicted octanol–water partition coefficient (Wildman–Crippen LogP) is 4.76. The largest absolute Gasteiger partial charge is 0.335 e. The van der Waals surface area contributed by atoms with E-state index in [0.717, 1.165) is 46.8 Å². The van der Waals surface area contributed by atoms with Crippen molar-refractivity contribution in [3.8, 4) is 0 Å². The molecule has 4 aliphatic heterocycles. The minimum absolute atomic E-state index is 0.0189. The van der Waals surface area contributed by atoms with Gasteiger partial charge in [0.1, 0.15) is 0 Å². The fourth-order valence-corrected chi connectivity index (χ4v) is 8.32. The van der Waals surface area contributed by atoms with Gasteiger partial charge in [-0.15, -0.1) is 0 Å². The quantitative estimate of drug-likeness (QED) is 0.318. The van der Waals surface area contributed by atoms with E-state index in [9.17, 15) is 9.59 Å². The molecule has 280 valence electrons. The summed E-state index contributed by atoms with van der Waals surface area (Å²) in [6.45, 7) is 16.5. The Kier molecular flexibility index (Phi) is 10.5. The molecule has 0 amide bonds. The van der Waals surface area contributed by atoms with Gasteiger partial charge < -0.3 is 5.32 Å². The van der Waals surface area contributed by atoms with E-state index in [0.29, 0.717) is 37.0 Å². The molecule has 10 rings (SSSR count). The lowest BCUT2D eigenvalue weighted by Crippen LogP contribution is -2.44. The van der Waals surface area contributed by atoms with Crippen molar-refractivity contribution in [2.24, 2.45) is 36.8 Å². The first-order chi connectivity index (χ1) is 24.5. The lowest BCUT2D eigenvalue weighted by molar-refractivity contribution is 0.178. The van der Waals surface area contributed by atoms with Gasteiger partial charge in [-0.05, 0) is 90.8 Å². The summed E-state index contributed by atoms with van der Waals surface area (Å²) in [4.78, 5) is 37.6. The Balaban J connectivity index is 0.000000166. The third-order valence-electron chi connectivity index (χ3n) is 10.8. The standard InChI is InChI=1S/C20H28N4O.C19H26N4O.O2S/c1-20(2,3)12-24-17-9-8-16(21-18(17)23(5)19(24)25)15-10-14-7-6-13(15)11-22(14)4;1-19(2,3)11-23-16-8-7-15(21-17(16)22(4)18(23)24)14-9-13-6-5-12(14)10-20-13;1-3-2/h8-10,13-14H,6-7,11-12H2,1-5H3;7-9,12-13,20H,5-6,10-11H2,1-4H3;. The summed E-state index contributed by atoms with van der Waals surface area (Å²) in [6.07, 6.45) is 9.65. The summed E-state index contributed by atoms with van der Waals surface area (Å²) in [5.74, 6) is 1.11. The van der Waals surface area contributed by atoms with Gasteiger partial charge in [-0.25, -0.2) is 19.6 Å². The Bertz CT molecular complexity index is 2190. The molecule has 2 fully saturated rings. The number of aryl methyl sites for hydroxylation is 2. The predicted molar refractivity (Wildman–Crippen MR) is 207 cm³/mol. The molecule has 1 N–H and O–H groups in total. The number of rotatable bonds is 4. The lowest BCUT2D eigenvalue weighted by Gasteiger charge is -2.42. The second-order valence-electron chi connectivity index (χ2n) is 17.4. The zero-order valence-electron chi connectivity index (χ0n) is 32.1. The Morgan fingerprint density at radius 1 is 0.712 bits per heavy atom. The summed E-state index contributed by atoms with van der Waals surface area (Å²) >= 11 is -0.750. The number of hydrogen-bond donors (Lipinski definition) is 1. The minimum Gasteiger partial charge on any atom is -0.310 e. The molecule has 52 heavy (non-hydrogen) atoms. The van der Waals surface area contributed by atoms with Gasteiger partial charge in [-0.2, -0.15) is 8.42 Å². The number of fused-ring (bicyclic) bond motifs is 6. The van der Waals surface area contributed by atoms with Crippen LogP contribution < -0.4 is 16.7 Å². The molecule has 4 unspecified atom stereocenters. The molecule has 12 nitrogen and oxygen atoms in total. The van der Waals surface area contributed by atoms with Crippen LogP contribution in [0.4, 0.5) is 0 Å².